The van der Waals surface area contributed by atoms with E-state index in [0.29, 0.717) is 10.6 Å². The molecule has 0 aromatic heterocycles. The third-order valence-corrected chi connectivity index (χ3v) is 2.38. The van der Waals surface area contributed by atoms with Crippen molar-refractivity contribution in [1.29, 1.82) is 0 Å². The van der Waals surface area contributed by atoms with Gasteiger partial charge >= 0.3 is 9.33 Å². The SMILES string of the molecule is Cc1c(Cl)cccc1OS(=O)(=O)Cl. The van der Waals surface area contributed by atoms with E-state index in [4.69, 9.17) is 22.3 Å². The van der Waals surface area contributed by atoms with Gasteiger partial charge in [0.05, 0.1) is 10.7 Å². The van der Waals surface area contributed by atoms with Gasteiger partial charge in [0.15, 0.2) is 0 Å². The summed E-state index contributed by atoms with van der Waals surface area (Å²) in [6, 6.07) is 4.68. The second kappa shape index (κ2) is 3.74. The molecule has 72 valence electrons. The maximum Gasteiger partial charge on any atom is 0.401 e. The highest BCUT2D eigenvalue weighted by molar-refractivity contribution is 8.10. The van der Waals surface area contributed by atoms with Gasteiger partial charge in [-0.05, 0) is 19.1 Å². The van der Waals surface area contributed by atoms with Crippen molar-refractivity contribution >= 4 is 31.6 Å². The summed E-state index contributed by atoms with van der Waals surface area (Å²) >= 11 is 5.72. The average molecular weight is 241 g/mol. The van der Waals surface area contributed by atoms with Crippen molar-refractivity contribution in [3.05, 3.63) is 28.8 Å². The molecule has 3 nitrogen and oxygen atoms in total. The highest BCUT2D eigenvalue weighted by Gasteiger charge is 2.10. The molecule has 6 heteroatoms. The third kappa shape index (κ3) is 3.06. The molecule has 0 bridgehead atoms. The molecule has 1 aromatic rings. The van der Waals surface area contributed by atoms with Gasteiger partial charge in [-0.2, -0.15) is 8.42 Å². The Morgan fingerprint density at radius 1 is 1.38 bits per heavy atom. The highest BCUT2D eigenvalue weighted by atomic mass is 35.7. The topological polar surface area (TPSA) is 43.4 Å². The maximum atomic E-state index is 10.6. The maximum absolute atomic E-state index is 10.6. The van der Waals surface area contributed by atoms with Crippen LogP contribution in [-0.2, 0) is 9.33 Å². The van der Waals surface area contributed by atoms with E-state index in [1.807, 2.05) is 0 Å². The first-order valence-corrected chi connectivity index (χ1v) is 5.90. The zero-order valence-corrected chi connectivity index (χ0v) is 8.95. The first-order valence-electron chi connectivity index (χ1n) is 3.29. The van der Waals surface area contributed by atoms with Crippen LogP contribution < -0.4 is 4.18 Å². The van der Waals surface area contributed by atoms with Crippen molar-refractivity contribution in [2.75, 3.05) is 0 Å². The fourth-order valence-electron chi connectivity index (χ4n) is 0.785. The molecule has 0 aliphatic heterocycles. The Labute approximate surface area is 85.9 Å². The van der Waals surface area contributed by atoms with Crippen LogP contribution in [0, 0.1) is 6.92 Å². The van der Waals surface area contributed by atoms with Crippen molar-refractivity contribution in [3.8, 4) is 5.75 Å². The van der Waals surface area contributed by atoms with E-state index < -0.39 is 9.33 Å². The fraction of sp³-hybridized carbons (Fsp3) is 0.143. The number of hydrogen-bond donors (Lipinski definition) is 0. The summed E-state index contributed by atoms with van der Waals surface area (Å²) in [7, 11) is 0.896. The van der Waals surface area contributed by atoms with Gasteiger partial charge in [0.25, 0.3) is 0 Å². The van der Waals surface area contributed by atoms with Crippen molar-refractivity contribution in [2.45, 2.75) is 6.92 Å². The quantitative estimate of drug-likeness (QED) is 0.747. The van der Waals surface area contributed by atoms with E-state index in [0.717, 1.165) is 0 Å². The van der Waals surface area contributed by atoms with Crippen molar-refractivity contribution in [3.63, 3.8) is 0 Å². The van der Waals surface area contributed by atoms with Crippen LogP contribution in [-0.4, -0.2) is 8.42 Å². The Bertz CT molecular complexity index is 414. The van der Waals surface area contributed by atoms with E-state index in [1.54, 1.807) is 19.1 Å². The van der Waals surface area contributed by atoms with Crippen LogP contribution in [0.3, 0.4) is 0 Å². The Morgan fingerprint density at radius 2 is 2.00 bits per heavy atom. The molecule has 0 radical (unpaired) electrons. The summed E-state index contributed by atoms with van der Waals surface area (Å²) in [4.78, 5) is 0. The lowest BCUT2D eigenvalue weighted by Gasteiger charge is -2.05. The number of benzene rings is 1. The second-order valence-corrected chi connectivity index (χ2v) is 4.83. The Kier molecular flexibility index (Phi) is 3.05. The lowest BCUT2D eigenvalue weighted by Crippen LogP contribution is -2.01. The fourth-order valence-corrected chi connectivity index (χ4v) is 1.55. The molecule has 0 saturated carbocycles. The van der Waals surface area contributed by atoms with Crippen LogP contribution in [0.4, 0.5) is 0 Å². The lowest BCUT2D eigenvalue weighted by atomic mass is 10.2. The Balaban J connectivity index is 3.10. The van der Waals surface area contributed by atoms with E-state index in [-0.39, 0.29) is 5.75 Å². The molecular formula is C7H6Cl2O3S. The molecule has 1 rings (SSSR count). The first kappa shape index (κ1) is 10.6. The van der Waals surface area contributed by atoms with Crippen molar-refractivity contribution in [2.24, 2.45) is 0 Å². The van der Waals surface area contributed by atoms with Crippen LogP contribution in [0.5, 0.6) is 5.75 Å². The van der Waals surface area contributed by atoms with Gasteiger partial charge < -0.3 is 4.18 Å². The van der Waals surface area contributed by atoms with Crippen LogP contribution in [0.1, 0.15) is 5.56 Å². The Hall–Kier alpha value is -0.450. The van der Waals surface area contributed by atoms with E-state index >= 15 is 0 Å². The van der Waals surface area contributed by atoms with Gasteiger partial charge in [0.1, 0.15) is 5.75 Å². The summed E-state index contributed by atoms with van der Waals surface area (Å²) in [5, 5.41) is 0.429. The van der Waals surface area contributed by atoms with E-state index in [2.05, 4.69) is 4.18 Å². The lowest BCUT2D eigenvalue weighted by molar-refractivity contribution is 0.501. The van der Waals surface area contributed by atoms with E-state index in [1.165, 1.54) is 6.07 Å². The van der Waals surface area contributed by atoms with Crippen LogP contribution >= 0.6 is 22.3 Å². The molecule has 0 unspecified atom stereocenters. The van der Waals surface area contributed by atoms with Crippen molar-refractivity contribution < 1.29 is 12.6 Å². The molecule has 0 fully saturated rings. The summed E-state index contributed by atoms with van der Waals surface area (Å²) in [6.07, 6.45) is 0. The molecule has 0 aliphatic rings. The van der Waals surface area contributed by atoms with Gasteiger partial charge in [0, 0.05) is 10.6 Å². The molecule has 0 amide bonds. The molecule has 1 aromatic carbocycles. The summed E-state index contributed by atoms with van der Waals surface area (Å²) in [5.74, 6) is 0.141. The number of rotatable bonds is 2. The molecule has 13 heavy (non-hydrogen) atoms. The van der Waals surface area contributed by atoms with Gasteiger partial charge in [-0.15, -0.1) is 0 Å². The monoisotopic (exact) mass is 240 g/mol. The predicted octanol–water partition coefficient (Wildman–Crippen LogP) is 2.51. The zero-order valence-electron chi connectivity index (χ0n) is 6.62. The van der Waals surface area contributed by atoms with Crippen LogP contribution in [0.15, 0.2) is 18.2 Å². The third-order valence-electron chi connectivity index (χ3n) is 1.41. The minimum atomic E-state index is -4.00. The van der Waals surface area contributed by atoms with E-state index in [9.17, 15) is 8.42 Å². The number of hydrogen-bond acceptors (Lipinski definition) is 3. The smallest absolute Gasteiger partial charge is 0.371 e. The normalized spacial score (nSPS) is 11.3. The van der Waals surface area contributed by atoms with Gasteiger partial charge in [-0.3, -0.25) is 0 Å². The van der Waals surface area contributed by atoms with Crippen LogP contribution in [0.2, 0.25) is 5.02 Å². The molecule has 0 aliphatic carbocycles. The molecule has 0 N–H and O–H groups in total. The molecular weight excluding hydrogens is 235 g/mol. The minimum Gasteiger partial charge on any atom is -0.371 e. The summed E-state index contributed by atoms with van der Waals surface area (Å²) < 4.78 is 25.6. The molecule has 0 atom stereocenters. The van der Waals surface area contributed by atoms with Gasteiger partial charge in [-0.25, -0.2) is 0 Å². The standard InChI is InChI=1S/C7H6Cl2O3S/c1-5-6(8)3-2-4-7(5)12-13(9,10)11/h2-4H,1H3. The molecule has 0 saturated heterocycles. The number of halogens is 2. The molecule has 0 heterocycles. The van der Waals surface area contributed by atoms with Gasteiger partial charge in [-0.1, -0.05) is 17.7 Å². The summed E-state index contributed by atoms with van der Waals surface area (Å²) in [5.41, 5.74) is 0.536. The largest absolute Gasteiger partial charge is 0.401 e. The second-order valence-electron chi connectivity index (χ2n) is 2.34. The Morgan fingerprint density at radius 3 is 2.54 bits per heavy atom. The average Bonchev–Trinajstić information content (AvgIpc) is 1.96. The summed E-state index contributed by atoms with van der Waals surface area (Å²) in [6.45, 7) is 1.64. The van der Waals surface area contributed by atoms with Gasteiger partial charge in [0.2, 0.25) is 0 Å². The van der Waals surface area contributed by atoms with Crippen LogP contribution in [0.25, 0.3) is 0 Å². The predicted molar refractivity (Wildman–Crippen MR) is 51.6 cm³/mol. The highest BCUT2D eigenvalue weighted by Crippen LogP contribution is 2.26. The minimum absolute atomic E-state index is 0.141. The molecule has 0 spiro atoms. The first-order chi connectivity index (χ1) is 5.90. The van der Waals surface area contributed by atoms with Crippen molar-refractivity contribution in [1.82, 2.24) is 0 Å². The zero-order chi connectivity index (χ0) is 10.1.